The number of morpholine rings is 1. The molecule has 0 atom stereocenters. The van der Waals surface area contributed by atoms with Gasteiger partial charge in [0, 0.05) is 13.1 Å². The molecular formula is C12H28N2O. The monoisotopic (exact) mass is 216 g/mol. The van der Waals surface area contributed by atoms with Gasteiger partial charge in [-0.15, -0.1) is 0 Å². The molecule has 1 aliphatic heterocycles. The van der Waals surface area contributed by atoms with E-state index in [2.05, 4.69) is 24.5 Å². The van der Waals surface area contributed by atoms with Gasteiger partial charge in [0.25, 0.3) is 0 Å². The number of hydrogen-bond acceptors (Lipinski definition) is 3. The molecule has 92 valence electrons. The van der Waals surface area contributed by atoms with E-state index in [-0.39, 0.29) is 0 Å². The predicted octanol–water partition coefficient (Wildman–Crippen LogP) is 1.78. The molecule has 1 aliphatic rings. The van der Waals surface area contributed by atoms with Gasteiger partial charge >= 0.3 is 0 Å². The molecule has 0 aliphatic carbocycles. The summed E-state index contributed by atoms with van der Waals surface area (Å²) < 4.78 is 5.01. The van der Waals surface area contributed by atoms with Gasteiger partial charge in [0.2, 0.25) is 0 Å². The minimum atomic E-state index is 0.889. The molecule has 0 radical (unpaired) electrons. The van der Waals surface area contributed by atoms with Gasteiger partial charge in [-0.1, -0.05) is 26.7 Å². The number of hydrogen-bond donors (Lipinski definition) is 2. The largest absolute Gasteiger partial charge is 0.379 e. The normalized spacial score (nSPS) is 15.6. The van der Waals surface area contributed by atoms with E-state index in [1.54, 1.807) is 0 Å². The van der Waals surface area contributed by atoms with Crippen molar-refractivity contribution in [2.24, 2.45) is 0 Å². The molecule has 2 N–H and O–H groups in total. The van der Waals surface area contributed by atoms with E-state index in [4.69, 9.17) is 4.74 Å². The van der Waals surface area contributed by atoms with Gasteiger partial charge in [-0.25, -0.2) is 0 Å². The van der Waals surface area contributed by atoms with Crippen molar-refractivity contribution in [2.75, 3.05) is 39.4 Å². The molecule has 0 unspecified atom stereocenters. The minimum absolute atomic E-state index is 0.889. The van der Waals surface area contributed by atoms with Crippen LogP contribution >= 0.6 is 0 Å². The van der Waals surface area contributed by atoms with Gasteiger partial charge in [-0.05, 0) is 25.9 Å². The third-order valence-electron chi connectivity index (χ3n) is 2.26. The second-order valence-corrected chi connectivity index (χ2v) is 3.82. The van der Waals surface area contributed by atoms with Crippen LogP contribution in [0, 0.1) is 0 Å². The first-order valence-electron chi connectivity index (χ1n) is 6.41. The van der Waals surface area contributed by atoms with Crippen LogP contribution in [0.4, 0.5) is 0 Å². The zero-order valence-corrected chi connectivity index (χ0v) is 10.5. The van der Waals surface area contributed by atoms with Crippen LogP contribution < -0.4 is 10.6 Å². The summed E-state index contributed by atoms with van der Waals surface area (Å²) in [4.78, 5) is 0. The third kappa shape index (κ3) is 13.9. The van der Waals surface area contributed by atoms with Crippen LogP contribution in [0.2, 0.25) is 0 Å². The fourth-order valence-corrected chi connectivity index (χ4v) is 1.24. The predicted molar refractivity (Wildman–Crippen MR) is 66.4 cm³/mol. The van der Waals surface area contributed by atoms with Crippen molar-refractivity contribution in [3.63, 3.8) is 0 Å². The van der Waals surface area contributed by atoms with Gasteiger partial charge in [-0.2, -0.15) is 0 Å². The molecule has 0 aromatic heterocycles. The number of unbranched alkanes of at least 4 members (excludes halogenated alkanes) is 2. The molecule has 3 nitrogen and oxygen atoms in total. The third-order valence-corrected chi connectivity index (χ3v) is 2.26. The van der Waals surface area contributed by atoms with E-state index in [1.165, 1.54) is 38.8 Å². The molecule has 1 heterocycles. The highest BCUT2D eigenvalue weighted by atomic mass is 16.5. The molecular weight excluding hydrogens is 188 g/mol. The maximum atomic E-state index is 5.01. The van der Waals surface area contributed by atoms with Crippen molar-refractivity contribution < 1.29 is 4.74 Å². The minimum Gasteiger partial charge on any atom is -0.379 e. The summed E-state index contributed by atoms with van der Waals surface area (Å²) in [5.74, 6) is 0. The van der Waals surface area contributed by atoms with Crippen LogP contribution in [-0.4, -0.2) is 39.4 Å². The van der Waals surface area contributed by atoms with Crippen molar-refractivity contribution in [2.45, 2.75) is 39.5 Å². The van der Waals surface area contributed by atoms with Crippen molar-refractivity contribution in [1.82, 2.24) is 10.6 Å². The summed E-state index contributed by atoms with van der Waals surface area (Å²) in [6.45, 7) is 10.7. The lowest BCUT2D eigenvalue weighted by Crippen LogP contribution is -2.30. The number of rotatable bonds is 6. The zero-order chi connectivity index (χ0) is 11.2. The van der Waals surface area contributed by atoms with Gasteiger partial charge in [-0.3, -0.25) is 0 Å². The molecule has 0 aromatic rings. The summed E-state index contributed by atoms with van der Waals surface area (Å²) in [7, 11) is 0. The Kier molecular flexibility index (Phi) is 13.8. The first-order chi connectivity index (χ1) is 7.41. The topological polar surface area (TPSA) is 33.3 Å². The molecule has 0 bridgehead atoms. The van der Waals surface area contributed by atoms with Crippen LogP contribution in [0.3, 0.4) is 0 Å². The Hall–Kier alpha value is -0.120. The first kappa shape index (κ1) is 14.9. The lowest BCUT2D eigenvalue weighted by molar-refractivity contribution is 0.109. The molecule has 3 heteroatoms. The van der Waals surface area contributed by atoms with Gasteiger partial charge in [0.15, 0.2) is 0 Å². The maximum absolute atomic E-state index is 5.01. The Labute approximate surface area is 95.0 Å². The summed E-state index contributed by atoms with van der Waals surface area (Å²) >= 11 is 0. The highest BCUT2D eigenvalue weighted by molar-refractivity contribution is 4.49. The van der Waals surface area contributed by atoms with E-state index in [0.29, 0.717) is 0 Å². The fourth-order valence-electron chi connectivity index (χ4n) is 1.24. The lowest BCUT2D eigenvalue weighted by Gasteiger charge is -2.10. The average Bonchev–Trinajstić information content (AvgIpc) is 2.32. The maximum Gasteiger partial charge on any atom is 0.0591 e. The molecule has 1 saturated heterocycles. The number of ether oxygens (including phenoxy) is 1. The second-order valence-electron chi connectivity index (χ2n) is 3.82. The van der Waals surface area contributed by atoms with Gasteiger partial charge in [0.1, 0.15) is 0 Å². The zero-order valence-electron chi connectivity index (χ0n) is 10.5. The second kappa shape index (κ2) is 13.9. The van der Waals surface area contributed by atoms with Crippen LogP contribution in [0.15, 0.2) is 0 Å². The summed E-state index contributed by atoms with van der Waals surface area (Å²) in [5.41, 5.74) is 0. The standard InChI is InChI=1S/C8H19N.C4H9NO/c1-3-5-7-9-8-6-4-2;1-3-6-4-2-5-1/h9H,3-8H2,1-2H3;5H,1-4H2. The van der Waals surface area contributed by atoms with Crippen LogP contribution in [0.25, 0.3) is 0 Å². The van der Waals surface area contributed by atoms with Crippen LogP contribution in [0.5, 0.6) is 0 Å². The summed E-state index contributed by atoms with van der Waals surface area (Å²) in [5, 5.41) is 6.55. The van der Waals surface area contributed by atoms with Gasteiger partial charge < -0.3 is 15.4 Å². The van der Waals surface area contributed by atoms with E-state index in [1.807, 2.05) is 0 Å². The molecule has 0 amide bonds. The SMILES string of the molecule is C1COCCN1.CCCCNCCCC. The van der Waals surface area contributed by atoms with Gasteiger partial charge in [0.05, 0.1) is 13.2 Å². The van der Waals surface area contributed by atoms with E-state index < -0.39 is 0 Å². The van der Waals surface area contributed by atoms with E-state index in [9.17, 15) is 0 Å². The molecule has 1 fully saturated rings. The Balaban J connectivity index is 0.000000280. The molecule has 15 heavy (non-hydrogen) atoms. The van der Waals surface area contributed by atoms with E-state index >= 15 is 0 Å². The highest BCUT2D eigenvalue weighted by Gasteiger charge is 1.92. The molecule has 0 spiro atoms. The Bertz CT molecular complexity index is 88.3. The summed E-state index contributed by atoms with van der Waals surface area (Å²) in [6.07, 6.45) is 5.26. The Morgan fingerprint density at radius 3 is 1.80 bits per heavy atom. The van der Waals surface area contributed by atoms with Crippen molar-refractivity contribution in [1.29, 1.82) is 0 Å². The van der Waals surface area contributed by atoms with Crippen molar-refractivity contribution in [3.05, 3.63) is 0 Å². The fraction of sp³-hybridized carbons (Fsp3) is 1.00. The molecule has 0 saturated carbocycles. The molecule has 0 aromatic carbocycles. The quantitative estimate of drug-likeness (QED) is 0.664. The smallest absolute Gasteiger partial charge is 0.0591 e. The Morgan fingerprint density at radius 1 is 1.00 bits per heavy atom. The van der Waals surface area contributed by atoms with Crippen LogP contribution in [0.1, 0.15) is 39.5 Å². The van der Waals surface area contributed by atoms with Crippen molar-refractivity contribution >= 4 is 0 Å². The Morgan fingerprint density at radius 2 is 1.53 bits per heavy atom. The van der Waals surface area contributed by atoms with Crippen molar-refractivity contribution in [3.8, 4) is 0 Å². The van der Waals surface area contributed by atoms with Crippen LogP contribution in [-0.2, 0) is 4.74 Å². The summed E-state index contributed by atoms with van der Waals surface area (Å²) in [6, 6.07) is 0. The lowest BCUT2D eigenvalue weighted by atomic mass is 10.3. The van der Waals surface area contributed by atoms with E-state index in [0.717, 1.165) is 26.3 Å². The molecule has 1 rings (SSSR count). The first-order valence-corrected chi connectivity index (χ1v) is 6.41. The highest BCUT2D eigenvalue weighted by Crippen LogP contribution is 1.85. The number of nitrogens with one attached hydrogen (secondary N) is 2. The average molecular weight is 216 g/mol.